The van der Waals surface area contributed by atoms with E-state index in [1.807, 2.05) is 34.9 Å². The highest BCUT2D eigenvalue weighted by molar-refractivity contribution is 9.10. The number of hydrogen-bond acceptors (Lipinski definition) is 3. The molecule has 0 unspecified atom stereocenters. The molecule has 19 heavy (non-hydrogen) atoms. The first-order chi connectivity index (χ1) is 9.17. The van der Waals surface area contributed by atoms with Crippen molar-refractivity contribution in [2.75, 3.05) is 12.0 Å². The van der Waals surface area contributed by atoms with E-state index in [-0.39, 0.29) is 0 Å². The summed E-state index contributed by atoms with van der Waals surface area (Å²) < 4.78 is 2.94. The molecule has 0 saturated carbocycles. The number of imidazole rings is 1. The van der Waals surface area contributed by atoms with Crippen molar-refractivity contribution in [3.63, 3.8) is 0 Å². The zero-order valence-corrected chi connectivity index (χ0v) is 12.7. The van der Waals surface area contributed by atoms with E-state index in [9.17, 15) is 0 Å². The average Bonchev–Trinajstić information content (AvgIpc) is 2.84. The second-order valence-electron chi connectivity index (χ2n) is 4.20. The first-order valence-corrected chi connectivity index (χ1v) is 7.77. The van der Waals surface area contributed by atoms with Crippen molar-refractivity contribution in [2.45, 2.75) is 4.90 Å². The fourth-order valence-electron chi connectivity index (χ4n) is 1.92. The van der Waals surface area contributed by atoms with Crippen molar-refractivity contribution in [1.29, 1.82) is 0 Å². The van der Waals surface area contributed by atoms with E-state index in [2.05, 4.69) is 39.4 Å². The largest absolute Gasteiger partial charge is 0.398 e. The van der Waals surface area contributed by atoms with Crippen molar-refractivity contribution in [3.05, 3.63) is 47.2 Å². The van der Waals surface area contributed by atoms with E-state index < -0.39 is 0 Å². The lowest BCUT2D eigenvalue weighted by molar-refractivity contribution is 1.13. The summed E-state index contributed by atoms with van der Waals surface area (Å²) in [5.74, 6) is 0. The fraction of sp³-hybridized carbons (Fsp3) is 0.0714. The molecule has 0 aliphatic carbocycles. The molecule has 3 nitrogen and oxygen atoms in total. The second kappa shape index (κ2) is 4.90. The summed E-state index contributed by atoms with van der Waals surface area (Å²) in [5, 5.41) is 0. The van der Waals surface area contributed by atoms with Gasteiger partial charge in [0, 0.05) is 33.0 Å². The quantitative estimate of drug-likeness (QED) is 0.567. The molecule has 0 bridgehead atoms. The van der Waals surface area contributed by atoms with Gasteiger partial charge in [-0.2, -0.15) is 0 Å². The number of pyridine rings is 1. The third-order valence-electron chi connectivity index (χ3n) is 2.96. The van der Waals surface area contributed by atoms with Crippen LogP contribution in [-0.4, -0.2) is 15.6 Å². The summed E-state index contributed by atoms with van der Waals surface area (Å²) in [7, 11) is 0. The van der Waals surface area contributed by atoms with Crippen LogP contribution in [0.25, 0.3) is 16.9 Å². The number of nitrogens with zero attached hydrogens (tertiary/aromatic N) is 2. The number of hydrogen-bond donors (Lipinski definition) is 1. The Labute approximate surface area is 124 Å². The lowest BCUT2D eigenvalue weighted by atomic mass is 10.1. The minimum absolute atomic E-state index is 0.734. The first kappa shape index (κ1) is 12.6. The van der Waals surface area contributed by atoms with Gasteiger partial charge >= 0.3 is 0 Å². The van der Waals surface area contributed by atoms with Crippen LogP contribution in [0.3, 0.4) is 0 Å². The van der Waals surface area contributed by atoms with Gasteiger partial charge in [0.05, 0.1) is 5.69 Å². The predicted molar refractivity (Wildman–Crippen MR) is 84.5 cm³/mol. The highest BCUT2D eigenvalue weighted by atomic mass is 79.9. The summed E-state index contributed by atoms with van der Waals surface area (Å²) in [6.07, 6.45) is 6.19. The molecule has 1 aromatic carbocycles. The van der Waals surface area contributed by atoms with E-state index >= 15 is 0 Å². The topological polar surface area (TPSA) is 43.3 Å². The Bertz CT molecular complexity index is 752. The Morgan fingerprint density at radius 3 is 2.79 bits per heavy atom. The fourth-order valence-corrected chi connectivity index (χ4v) is 2.72. The zero-order valence-electron chi connectivity index (χ0n) is 10.3. The molecule has 0 aliphatic rings. The second-order valence-corrected chi connectivity index (χ2v) is 5.93. The average molecular weight is 334 g/mol. The van der Waals surface area contributed by atoms with Crippen LogP contribution in [0, 0.1) is 0 Å². The summed E-state index contributed by atoms with van der Waals surface area (Å²) >= 11 is 5.17. The van der Waals surface area contributed by atoms with Crippen LogP contribution < -0.4 is 5.73 Å². The van der Waals surface area contributed by atoms with E-state index in [1.165, 1.54) is 4.90 Å². The molecule has 2 N–H and O–H groups in total. The number of nitrogen functional groups attached to an aromatic ring is 1. The van der Waals surface area contributed by atoms with Crippen molar-refractivity contribution < 1.29 is 0 Å². The summed E-state index contributed by atoms with van der Waals surface area (Å²) in [4.78, 5) is 5.84. The van der Waals surface area contributed by atoms with Gasteiger partial charge in [-0.15, -0.1) is 11.8 Å². The smallest absolute Gasteiger partial charge is 0.137 e. The summed E-state index contributed by atoms with van der Waals surface area (Å²) in [6.45, 7) is 0. The van der Waals surface area contributed by atoms with Gasteiger partial charge in [-0.05, 0) is 46.5 Å². The predicted octanol–water partition coefficient (Wildman–Crippen LogP) is 4.07. The number of anilines is 1. The normalized spacial score (nSPS) is 11.1. The maximum atomic E-state index is 5.80. The van der Waals surface area contributed by atoms with Crippen LogP contribution in [0.4, 0.5) is 5.69 Å². The Morgan fingerprint density at radius 1 is 1.21 bits per heavy atom. The number of halogens is 1. The molecule has 5 heteroatoms. The molecular formula is C14H12BrN3S. The first-order valence-electron chi connectivity index (χ1n) is 5.75. The Morgan fingerprint density at radius 2 is 2.05 bits per heavy atom. The Balaban J connectivity index is 2.11. The third kappa shape index (κ3) is 2.35. The monoisotopic (exact) mass is 333 g/mol. The third-order valence-corrected chi connectivity index (χ3v) is 4.36. The van der Waals surface area contributed by atoms with Gasteiger partial charge in [-0.1, -0.05) is 6.07 Å². The standard InChI is InChI=1S/C14H12BrN3S/c1-19-10-3-5-14-17-13(8-18(14)7-10)9-2-4-12(16)11(15)6-9/h2-8H,16H2,1H3. The zero-order chi connectivity index (χ0) is 13.4. The number of fused-ring (bicyclic) bond motifs is 1. The number of benzene rings is 1. The molecule has 0 fully saturated rings. The van der Waals surface area contributed by atoms with Crippen molar-refractivity contribution in [1.82, 2.24) is 9.38 Å². The molecule has 2 heterocycles. The maximum Gasteiger partial charge on any atom is 0.137 e. The van der Waals surface area contributed by atoms with Crippen LogP contribution in [0.1, 0.15) is 0 Å². The summed E-state index contributed by atoms with van der Waals surface area (Å²) in [5.41, 5.74) is 9.48. The summed E-state index contributed by atoms with van der Waals surface area (Å²) in [6, 6.07) is 9.97. The van der Waals surface area contributed by atoms with Gasteiger partial charge in [0.25, 0.3) is 0 Å². The highest BCUT2D eigenvalue weighted by Gasteiger charge is 2.06. The van der Waals surface area contributed by atoms with Crippen LogP contribution in [0.5, 0.6) is 0 Å². The van der Waals surface area contributed by atoms with E-state index in [1.54, 1.807) is 11.8 Å². The number of nitrogens with two attached hydrogens (primary N) is 1. The van der Waals surface area contributed by atoms with Gasteiger partial charge in [-0.25, -0.2) is 4.98 Å². The van der Waals surface area contributed by atoms with Gasteiger partial charge in [-0.3, -0.25) is 0 Å². The lowest BCUT2D eigenvalue weighted by Crippen LogP contribution is -1.86. The minimum Gasteiger partial charge on any atom is -0.398 e. The molecule has 0 radical (unpaired) electrons. The van der Waals surface area contributed by atoms with Crippen molar-refractivity contribution in [3.8, 4) is 11.3 Å². The molecule has 0 spiro atoms. The minimum atomic E-state index is 0.734. The SMILES string of the molecule is CSc1ccc2nc(-c3ccc(N)c(Br)c3)cn2c1. The Kier molecular flexibility index (Phi) is 3.24. The van der Waals surface area contributed by atoms with Crippen LogP contribution in [-0.2, 0) is 0 Å². The van der Waals surface area contributed by atoms with Crippen LogP contribution in [0.2, 0.25) is 0 Å². The molecule has 96 valence electrons. The molecule has 3 rings (SSSR count). The molecule has 2 aromatic heterocycles. The number of thioether (sulfide) groups is 1. The van der Waals surface area contributed by atoms with Gasteiger partial charge in [0.15, 0.2) is 0 Å². The van der Waals surface area contributed by atoms with Gasteiger partial charge < -0.3 is 10.1 Å². The van der Waals surface area contributed by atoms with Crippen molar-refractivity contribution in [2.24, 2.45) is 0 Å². The number of rotatable bonds is 2. The highest BCUT2D eigenvalue weighted by Crippen LogP contribution is 2.27. The number of aromatic nitrogens is 2. The van der Waals surface area contributed by atoms with Gasteiger partial charge in [0.2, 0.25) is 0 Å². The van der Waals surface area contributed by atoms with E-state index in [0.29, 0.717) is 0 Å². The van der Waals surface area contributed by atoms with E-state index in [0.717, 1.165) is 27.1 Å². The van der Waals surface area contributed by atoms with Crippen molar-refractivity contribution >= 4 is 39.0 Å². The Hall–Kier alpha value is -1.46. The van der Waals surface area contributed by atoms with Crippen LogP contribution >= 0.6 is 27.7 Å². The van der Waals surface area contributed by atoms with Crippen LogP contribution in [0.15, 0.2) is 52.1 Å². The van der Waals surface area contributed by atoms with E-state index in [4.69, 9.17) is 5.73 Å². The molecule has 0 amide bonds. The van der Waals surface area contributed by atoms with Gasteiger partial charge in [0.1, 0.15) is 5.65 Å². The molecule has 0 atom stereocenters. The molecule has 0 saturated heterocycles. The maximum absolute atomic E-state index is 5.80. The molecule has 0 aliphatic heterocycles. The lowest BCUT2D eigenvalue weighted by Gasteiger charge is -2.00. The molecule has 3 aromatic rings. The molecular weight excluding hydrogens is 322 g/mol.